The molecule has 9 heteroatoms. The van der Waals surface area contributed by atoms with Crippen LogP contribution in [-0.2, 0) is 14.6 Å². The Kier molecular flexibility index (Phi) is 5.16. The lowest BCUT2D eigenvalue weighted by molar-refractivity contribution is -0.0326. The fraction of sp³-hybridized carbons (Fsp3) is 0.500. The minimum absolute atomic E-state index is 0.137. The van der Waals surface area contributed by atoms with Crippen molar-refractivity contribution < 1.29 is 22.1 Å². The summed E-state index contributed by atoms with van der Waals surface area (Å²) in [5, 5.41) is 7.10. The van der Waals surface area contributed by atoms with Gasteiger partial charge in [-0.3, -0.25) is 0 Å². The van der Waals surface area contributed by atoms with Crippen LogP contribution in [0, 0.1) is 5.82 Å². The quantitative estimate of drug-likeness (QED) is 0.862. The zero-order valence-electron chi connectivity index (χ0n) is 14.0. The van der Waals surface area contributed by atoms with Crippen LogP contribution < -0.4 is 5.32 Å². The number of halogens is 1. The molecule has 0 aliphatic carbocycles. The summed E-state index contributed by atoms with van der Waals surface area (Å²) in [5.41, 5.74) is 0.342. The Bertz CT molecular complexity index is 847. The number of hydrogen-bond donors (Lipinski definition) is 1. The van der Waals surface area contributed by atoms with Crippen molar-refractivity contribution in [2.45, 2.75) is 36.9 Å². The predicted molar refractivity (Wildman–Crippen MR) is 88.2 cm³/mol. The van der Waals surface area contributed by atoms with Gasteiger partial charge in [0.15, 0.2) is 9.84 Å². The Balaban J connectivity index is 1.75. The number of aromatic nitrogens is 2. The Morgan fingerprint density at radius 3 is 2.72 bits per heavy atom. The lowest BCUT2D eigenvalue weighted by atomic mass is 10.1. The Morgan fingerprint density at radius 2 is 2.08 bits per heavy atom. The summed E-state index contributed by atoms with van der Waals surface area (Å²) < 4.78 is 48.1. The average molecular weight is 369 g/mol. The maximum absolute atomic E-state index is 14.0. The van der Waals surface area contributed by atoms with Gasteiger partial charge in [0.05, 0.1) is 6.10 Å². The molecule has 0 amide bonds. The molecule has 1 aliphatic heterocycles. The molecule has 0 unspecified atom stereocenters. The third-order valence-corrected chi connectivity index (χ3v) is 5.19. The Morgan fingerprint density at radius 1 is 1.36 bits per heavy atom. The summed E-state index contributed by atoms with van der Waals surface area (Å²) >= 11 is 0. The van der Waals surface area contributed by atoms with E-state index in [0.29, 0.717) is 11.5 Å². The van der Waals surface area contributed by atoms with Gasteiger partial charge in [0.1, 0.15) is 16.8 Å². The minimum atomic E-state index is -3.62. The Hall–Kier alpha value is -1.84. The van der Waals surface area contributed by atoms with Gasteiger partial charge in [-0.05, 0) is 51.1 Å². The Labute approximate surface area is 145 Å². The van der Waals surface area contributed by atoms with Gasteiger partial charge in [-0.1, -0.05) is 5.16 Å². The highest BCUT2D eigenvalue weighted by Crippen LogP contribution is 2.25. The standard InChI is InChI=1S/C16H20FN3O4S/c1-10(23-12-5-7-18-8-6-12)16-19-15(20-24-16)11-3-4-14(13(17)9-11)25(2,21)22/h3-4,9-10,12,18H,5-8H2,1-2H3/t10-/m1/s1. The van der Waals surface area contributed by atoms with Crippen molar-refractivity contribution in [3.63, 3.8) is 0 Å². The highest BCUT2D eigenvalue weighted by molar-refractivity contribution is 7.90. The second kappa shape index (κ2) is 7.19. The van der Waals surface area contributed by atoms with E-state index in [4.69, 9.17) is 9.26 Å². The molecule has 0 radical (unpaired) electrons. The van der Waals surface area contributed by atoms with Crippen LogP contribution in [0.2, 0.25) is 0 Å². The van der Waals surface area contributed by atoms with E-state index in [2.05, 4.69) is 15.5 Å². The zero-order valence-corrected chi connectivity index (χ0v) is 14.8. The van der Waals surface area contributed by atoms with Gasteiger partial charge in [0, 0.05) is 11.8 Å². The zero-order chi connectivity index (χ0) is 18.0. The summed E-state index contributed by atoms with van der Waals surface area (Å²) in [6.07, 6.45) is 2.56. The smallest absolute Gasteiger partial charge is 0.255 e. The van der Waals surface area contributed by atoms with E-state index in [1.54, 1.807) is 0 Å². The van der Waals surface area contributed by atoms with Crippen LogP contribution in [0.4, 0.5) is 4.39 Å². The monoisotopic (exact) mass is 369 g/mol. The molecule has 1 saturated heterocycles. The van der Waals surface area contributed by atoms with E-state index in [1.165, 1.54) is 12.1 Å². The molecule has 0 bridgehead atoms. The van der Waals surface area contributed by atoms with Crippen LogP contribution in [0.15, 0.2) is 27.6 Å². The van der Waals surface area contributed by atoms with Gasteiger partial charge in [-0.15, -0.1) is 0 Å². The van der Waals surface area contributed by atoms with E-state index in [1.807, 2.05) is 6.92 Å². The van der Waals surface area contributed by atoms with E-state index in [-0.39, 0.29) is 22.9 Å². The van der Waals surface area contributed by atoms with E-state index < -0.39 is 15.7 Å². The third kappa shape index (κ3) is 4.23. The molecule has 25 heavy (non-hydrogen) atoms. The summed E-state index contributed by atoms with van der Waals surface area (Å²) in [4.78, 5) is 3.89. The van der Waals surface area contributed by atoms with E-state index in [9.17, 15) is 12.8 Å². The number of ether oxygens (including phenoxy) is 1. The molecule has 7 nitrogen and oxygen atoms in total. The van der Waals surface area contributed by atoms with Crippen molar-refractivity contribution in [2.24, 2.45) is 0 Å². The van der Waals surface area contributed by atoms with Crippen molar-refractivity contribution >= 4 is 9.84 Å². The van der Waals surface area contributed by atoms with Crippen LogP contribution in [-0.4, -0.2) is 44.0 Å². The van der Waals surface area contributed by atoms with Crippen LogP contribution in [0.1, 0.15) is 31.8 Å². The highest BCUT2D eigenvalue weighted by Gasteiger charge is 2.22. The number of nitrogens with zero attached hydrogens (tertiary/aromatic N) is 2. The molecule has 2 aromatic rings. The molecule has 3 rings (SSSR count). The summed E-state index contributed by atoms with van der Waals surface area (Å²) in [6, 6.07) is 3.74. The third-order valence-electron chi connectivity index (χ3n) is 4.06. The first kappa shape index (κ1) is 18.0. The highest BCUT2D eigenvalue weighted by atomic mass is 32.2. The van der Waals surface area contributed by atoms with E-state index in [0.717, 1.165) is 38.3 Å². The lowest BCUT2D eigenvalue weighted by Gasteiger charge is -2.24. The molecule has 1 atom stereocenters. The number of rotatable bonds is 5. The van der Waals surface area contributed by atoms with Crippen LogP contribution >= 0.6 is 0 Å². The minimum Gasteiger partial charge on any atom is -0.365 e. The second-order valence-electron chi connectivity index (χ2n) is 6.10. The first-order valence-electron chi connectivity index (χ1n) is 8.04. The van der Waals surface area contributed by atoms with Gasteiger partial charge in [-0.2, -0.15) is 4.98 Å². The van der Waals surface area contributed by atoms with Crippen LogP contribution in [0.3, 0.4) is 0 Å². The number of nitrogens with one attached hydrogen (secondary N) is 1. The van der Waals surface area contributed by atoms with Gasteiger partial charge in [-0.25, -0.2) is 12.8 Å². The summed E-state index contributed by atoms with van der Waals surface area (Å²) in [6.45, 7) is 3.66. The van der Waals surface area contributed by atoms with Crippen molar-refractivity contribution in [2.75, 3.05) is 19.3 Å². The SMILES string of the molecule is C[C@@H](OC1CCNCC1)c1nc(-c2ccc(S(C)(=O)=O)c(F)c2)no1. The number of benzene rings is 1. The maximum Gasteiger partial charge on any atom is 0.255 e. The fourth-order valence-corrected chi connectivity index (χ4v) is 3.46. The topological polar surface area (TPSA) is 94.3 Å². The first-order chi connectivity index (χ1) is 11.8. The second-order valence-corrected chi connectivity index (χ2v) is 8.09. The number of piperidine rings is 1. The van der Waals surface area contributed by atoms with Crippen molar-refractivity contribution in [1.29, 1.82) is 0 Å². The van der Waals surface area contributed by atoms with Gasteiger partial charge >= 0.3 is 0 Å². The number of hydrogen-bond acceptors (Lipinski definition) is 7. The van der Waals surface area contributed by atoms with Gasteiger partial charge < -0.3 is 14.6 Å². The fourth-order valence-electron chi connectivity index (χ4n) is 2.74. The van der Waals surface area contributed by atoms with Crippen molar-refractivity contribution in [3.05, 3.63) is 29.9 Å². The maximum atomic E-state index is 14.0. The van der Waals surface area contributed by atoms with Gasteiger partial charge in [0.2, 0.25) is 5.82 Å². The molecular weight excluding hydrogens is 349 g/mol. The molecule has 1 aromatic heterocycles. The molecule has 1 fully saturated rings. The normalized spacial score (nSPS) is 17.6. The largest absolute Gasteiger partial charge is 0.365 e. The molecule has 0 saturated carbocycles. The molecule has 136 valence electrons. The van der Waals surface area contributed by atoms with Crippen molar-refractivity contribution in [1.82, 2.24) is 15.5 Å². The molecule has 0 spiro atoms. The lowest BCUT2D eigenvalue weighted by Crippen LogP contribution is -2.33. The van der Waals surface area contributed by atoms with Crippen LogP contribution in [0.5, 0.6) is 0 Å². The van der Waals surface area contributed by atoms with Crippen molar-refractivity contribution in [3.8, 4) is 11.4 Å². The summed E-state index contributed by atoms with van der Waals surface area (Å²) in [5.74, 6) is -0.346. The van der Waals surface area contributed by atoms with E-state index >= 15 is 0 Å². The van der Waals surface area contributed by atoms with Crippen LogP contribution in [0.25, 0.3) is 11.4 Å². The molecular formula is C16H20FN3O4S. The summed E-state index contributed by atoms with van der Waals surface area (Å²) in [7, 11) is -3.62. The molecule has 2 heterocycles. The molecule has 1 aromatic carbocycles. The average Bonchev–Trinajstić information content (AvgIpc) is 3.04. The molecule has 1 aliphatic rings. The molecule has 1 N–H and O–H groups in total. The van der Waals surface area contributed by atoms with Gasteiger partial charge in [0.25, 0.3) is 5.89 Å². The first-order valence-corrected chi connectivity index (χ1v) is 9.93. The predicted octanol–water partition coefficient (Wildman–Crippen LogP) is 2.11. The number of sulfone groups is 1.